The first-order chi connectivity index (χ1) is 10.6. The van der Waals surface area contributed by atoms with Crippen molar-refractivity contribution in [2.75, 3.05) is 7.11 Å². The average molecular weight is 298 g/mol. The van der Waals surface area contributed by atoms with E-state index in [4.69, 9.17) is 13.9 Å². The number of phenols is 1. The Morgan fingerprint density at radius 3 is 2.41 bits per heavy atom. The second-order valence-electron chi connectivity index (χ2n) is 4.77. The lowest BCUT2D eigenvalue weighted by atomic mass is 10.2. The van der Waals surface area contributed by atoms with Crippen molar-refractivity contribution in [2.45, 2.75) is 6.92 Å². The summed E-state index contributed by atoms with van der Waals surface area (Å²) in [5.74, 6) is 1.72. The third-order valence-electron chi connectivity index (χ3n) is 3.28. The van der Waals surface area contributed by atoms with Gasteiger partial charge < -0.3 is 19.0 Å². The molecule has 3 aromatic rings. The van der Waals surface area contributed by atoms with Crippen molar-refractivity contribution in [3.63, 3.8) is 0 Å². The molecule has 0 saturated carbocycles. The summed E-state index contributed by atoms with van der Waals surface area (Å²) in [5, 5.41) is 9.81. The van der Waals surface area contributed by atoms with Gasteiger partial charge in [-0.25, -0.2) is 0 Å². The molecule has 1 N–H and O–H groups in total. The molecule has 0 aliphatic carbocycles. The third kappa shape index (κ3) is 2.48. The van der Waals surface area contributed by atoms with Crippen LogP contribution in [0.1, 0.15) is 5.76 Å². The monoisotopic (exact) mass is 298 g/mol. The topological polar surface area (TPSA) is 68.9 Å². The van der Waals surface area contributed by atoms with Crippen molar-refractivity contribution in [1.82, 2.24) is 0 Å². The van der Waals surface area contributed by atoms with Gasteiger partial charge in [-0.3, -0.25) is 4.79 Å². The van der Waals surface area contributed by atoms with Crippen LogP contribution in [-0.4, -0.2) is 12.2 Å². The Bertz CT molecular complexity index is 878. The van der Waals surface area contributed by atoms with E-state index in [2.05, 4.69) is 0 Å². The fraction of sp³-hybridized carbons (Fsp3) is 0.118. The van der Waals surface area contributed by atoms with Crippen LogP contribution in [0, 0.1) is 6.92 Å². The van der Waals surface area contributed by atoms with Gasteiger partial charge in [-0.05, 0) is 43.3 Å². The number of methoxy groups -OCH3 is 1. The van der Waals surface area contributed by atoms with Crippen LogP contribution in [0.15, 0.2) is 51.7 Å². The molecule has 22 heavy (non-hydrogen) atoms. The number of hydrogen-bond acceptors (Lipinski definition) is 5. The Balaban J connectivity index is 2.06. The maximum absolute atomic E-state index is 12.5. The zero-order chi connectivity index (χ0) is 15.7. The first kappa shape index (κ1) is 14.0. The van der Waals surface area contributed by atoms with Gasteiger partial charge in [0.1, 0.15) is 28.6 Å². The average Bonchev–Trinajstić information content (AvgIpc) is 2.51. The van der Waals surface area contributed by atoms with Gasteiger partial charge in [0, 0.05) is 6.07 Å². The summed E-state index contributed by atoms with van der Waals surface area (Å²) in [6.07, 6.45) is 0. The standard InChI is InChI=1S/C17H14O5/c1-10-17(22-13-6-4-12(20-2)5-7-13)16(19)14-8-3-11(18)9-15(14)21-10/h3-9,18H,1-2H3. The molecular weight excluding hydrogens is 284 g/mol. The number of rotatable bonds is 3. The first-order valence-corrected chi connectivity index (χ1v) is 6.67. The van der Waals surface area contributed by atoms with E-state index in [9.17, 15) is 9.90 Å². The summed E-state index contributed by atoms with van der Waals surface area (Å²) in [6, 6.07) is 11.2. The Hall–Kier alpha value is -2.95. The minimum Gasteiger partial charge on any atom is -0.508 e. The number of hydrogen-bond donors (Lipinski definition) is 1. The quantitative estimate of drug-likeness (QED) is 0.800. The van der Waals surface area contributed by atoms with Gasteiger partial charge in [-0.2, -0.15) is 0 Å². The number of fused-ring (bicyclic) bond motifs is 1. The number of phenolic OH excluding ortho intramolecular Hbond substituents is 1. The maximum Gasteiger partial charge on any atom is 0.235 e. The molecule has 0 saturated heterocycles. The van der Waals surface area contributed by atoms with Crippen LogP contribution >= 0.6 is 0 Å². The molecule has 0 spiro atoms. The molecule has 0 radical (unpaired) electrons. The molecule has 0 aliphatic rings. The second kappa shape index (κ2) is 5.44. The Morgan fingerprint density at radius 2 is 1.73 bits per heavy atom. The fourth-order valence-electron chi connectivity index (χ4n) is 2.16. The van der Waals surface area contributed by atoms with Gasteiger partial charge in [0.25, 0.3) is 0 Å². The zero-order valence-electron chi connectivity index (χ0n) is 12.1. The molecule has 0 fully saturated rings. The van der Waals surface area contributed by atoms with Crippen molar-refractivity contribution < 1.29 is 19.0 Å². The van der Waals surface area contributed by atoms with Gasteiger partial charge in [0.2, 0.25) is 11.2 Å². The van der Waals surface area contributed by atoms with Gasteiger partial charge in [-0.1, -0.05) is 0 Å². The van der Waals surface area contributed by atoms with E-state index in [0.29, 0.717) is 28.2 Å². The summed E-state index contributed by atoms with van der Waals surface area (Å²) >= 11 is 0. The Labute approximate surface area is 126 Å². The SMILES string of the molecule is COc1ccc(Oc2c(C)oc3cc(O)ccc3c2=O)cc1. The molecule has 0 aliphatic heterocycles. The first-order valence-electron chi connectivity index (χ1n) is 6.67. The van der Waals surface area contributed by atoms with E-state index in [1.165, 1.54) is 18.2 Å². The zero-order valence-corrected chi connectivity index (χ0v) is 12.1. The number of benzene rings is 2. The molecule has 2 aromatic carbocycles. The smallest absolute Gasteiger partial charge is 0.235 e. The van der Waals surface area contributed by atoms with Crippen molar-refractivity contribution in [2.24, 2.45) is 0 Å². The van der Waals surface area contributed by atoms with Gasteiger partial charge in [-0.15, -0.1) is 0 Å². The van der Waals surface area contributed by atoms with E-state index in [1.807, 2.05) is 0 Å². The summed E-state index contributed by atoms with van der Waals surface area (Å²) in [4.78, 5) is 12.5. The van der Waals surface area contributed by atoms with E-state index in [0.717, 1.165) is 0 Å². The fourth-order valence-corrected chi connectivity index (χ4v) is 2.16. The lowest BCUT2D eigenvalue weighted by Crippen LogP contribution is -2.07. The minimum atomic E-state index is -0.283. The van der Waals surface area contributed by atoms with Crippen LogP contribution in [-0.2, 0) is 0 Å². The molecule has 3 rings (SSSR count). The van der Waals surface area contributed by atoms with Crippen LogP contribution in [0.3, 0.4) is 0 Å². The van der Waals surface area contributed by atoms with Gasteiger partial charge in [0.15, 0.2) is 0 Å². The lowest BCUT2D eigenvalue weighted by Gasteiger charge is -2.09. The molecule has 5 nitrogen and oxygen atoms in total. The van der Waals surface area contributed by atoms with Crippen molar-refractivity contribution in [3.8, 4) is 23.0 Å². The predicted molar refractivity (Wildman–Crippen MR) is 82.0 cm³/mol. The van der Waals surface area contributed by atoms with Crippen LogP contribution < -0.4 is 14.9 Å². The van der Waals surface area contributed by atoms with Gasteiger partial charge in [0.05, 0.1) is 12.5 Å². The number of aryl methyl sites for hydroxylation is 1. The maximum atomic E-state index is 12.5. The summed E-state index contributed by atoms with van der Waals surface area (Å²) in [6.45, 7) is 1.64. The Morgan fingerprint density at radius 1 is 1.05 bits per heavy atom. The van der Waals surface area contributed by atoms with Crippen LogP contribution in [0.2, 0.25) is 0 Å². The third-order valence-corrected chi connectivity index (χ3v) is 3.28. The lowest BCUT2D eigenvalue weighted by molar-refractivity contribution is 0.410. The van der Waals surface area contributed by atoms with E-state index in [1.54, 1.807) is 38.3 Å². The van der Waals surface area contributed by atoms with E-state index >= 15 is 0 Å². The Kier molecular flexibility index (Phi) is 3.47. The predicted octanol–water partition coefficient (Wildman–Crippen LogP) is 3.61. The normalized spacial score (nSPS) is 10.6. The van der Waals surface area contributed by atoms with Crippen LogP contribution in [0.4, 0.5) is 0 Å². The molecular formula is C17H14O5. The largest absolute Gasteiger partial charge is 0.508 e. The molecule has 0 amide bonds. The molecule has 0 atom stereocenters. The molecule has 0 unspecified atom stereocenters. The summed E-state index contributed by atoms with van der Waals surface area (Å²) in [7, 11) is 1.58. The molecule has 1 heterocycles. The highest BCUT2D eigenvalue weighted by Crippen LogP contribution is 2.27. The molecule has 5 heteroatoms. The highest BCUT2D eigenvalue weighted by molar-refractivity contribution is 5.79. The van der Waals surface area contributed by atoms with Crippen LogP contribution in [0.25, 0.3) is 11.0 Å². The van der Waals surface area contributed by atoms with E-state index in [-0.39, 0.29) is 16.9 Å². The highest BCUT2D eigenvalue weighted by atomic mass is 16.5. The minimum absolute atomic E-state index is 0.0406. The number of aromatic hydroxyl groups is 1. The highest BCUT2D eigenvalue weighted by Gasteiger charge is 2.14. The van der Waals surface area contributed by atoms with Crippen molar-refractivity contribution in [3.05, 3.63) is 58.4 Å². The van der Waals surface area contributed by atoms with E-state index < -0.39 is 0 Å². The number of ether oxygens (including phenoxy) is 2. The van der Waals surface area contributed by atoms with Crippen molar-refractivity contribution >= 4 is 11.0 Å². The molecule has 0 bridgehead atoms. The second-order valence-corrected chi connectivity index (χ2v) is 4.77. The van der Waals surface area contributed by atoms with Gasteiger partial charge >= 0.3 is 0 Å². The summed E-state index contributed by atoms with van der Waals surface area (Å²) in [5.41, 5.74) is 0.0409. The summed E-state index contributed by atoms with van der Waals surface area (Å²) < 4.78 is 16.3. The van der Waals surface area contributed by atoms with Crippen LogP contribution in [0.5, 0.6) is 23.0 Å². The van der Waals surface area contributed by atoms with Crippen molar-refractivity contribution in [1.29, 1.82) is 0 Å². The molecule has 112 valence electrons. The molecule has 1 aromatic heterocycles.